The van der Waals surface area contributed by atoms with Crippen LogP contribution in [0, 0.1) is 5.92 Å². The average molecular weight is 308 g/mol. The minimum absolute atomic E-state index is 0.0629. The predicted molar refractivity (Wildman–Crippen MR) is 85.0 cm³/mol. The molecule has 0 aliphatic carbocycles. The Balaban J connectivity index is 2.68. The molecule has 0 aromatic heterocycles. The van der Waals surface area contributed by atoms with E-state index in [2.05, 4.69) is 10.6 Å². The molecule has 0 unspecified atom stereocenters. The lowest BCUT2D eigenvalue weighted by molar-refractivity contribution is -0.119. The van der Waals surface area contributed by atoms with Crippen LogP contribution in [0.3, 0.4) is 0 Å². The van der Waals surface area contributed by atoms with Gasteiger partial charge in [0.15, 0.2) is 0 Å². The lowest BCUT2D eigenvalue weighted by Gasteiger charge is -2.21. The van der Waals surface area contributed by atoms with Crippen molar-refractivity contribution in [2.75, 3.05) is 18.5 Å². The SMILES string of the molecule is CCOC(=O)N[C@H](C(=O)Nc1ccc(OCC)cc1)C(C)C. The van der Waals surface area contributed by atoms with Crippen molar-refractivity contribution in [2.24, 2.45) is 5.92 Å². The van der Waals surface area contributed by atoms with Gasteiger partial charge in [-0.2, -0.15) is 0 Å². The molecule has 0 heterocycles. The minimum atomic E-state index is -0.661. The van der Waals surface area contributed by atoms with Gasteiger partial charge in [0.1, 0.15) is 11.8 Å². The zero-order valence-electron chi connectivity index (χ0n) is 13.5. The number of hydrogen-bond acceptors (Lipinski definition) is 4. The number of hydrogen-bond donors (Lipinski definition) is 2. The van der Waals surface area contributed by atoms with Crippen LogP contribution in [0.2, 0.25) is 0 Å². The van der Waals surface area contributed by atoms with Gasteiger partial charge in [0.05, 0.1) is 13.2 Å². The van der Waals surface area contributed by atoms with Crippen molar-refractivity contribution in [3.05, 3.63) is 24.3 Å². The van der Waals surface area contributed by atoms with Crippen LogP contribution in [0.25, 0.3) is 0 Å². The third-order valence-electron chi connectivity index (χ3n) is 2.93. The number of rotatable bonds is 7. The van der Waals surface area contributed by atoms with E-state index in [0.29, 0.717) is 12.3 Å². The molecule has 2 amide bonds. The molecule has 1 rings (SSSR count). The van der Waals surface area contributed by atoms with Crippen molar-refractivity contribution in [3.8, 4) is 5.75 Å². The predicted octanol–water partition coefficient (Wildman–Crippen LogP) is 2.79. The second-order valence-corrected chi connectivity index (χ2v) is 5.03. The van der Waals surface area contributed by atoms with Crippen LogP contribution in [0.15, 0.2) is 24.3 Å². The highest BCUT2D eigenvalue weighted by atomic mass is 16.5. The number of alkyl carbamates (subject to hydrolysis) is 1. The number of carbonyl (C=O) groups excluding carboxylic acids is 2. The molecule has 122 valence electrons. The molecule has 6 nitrogen and oxygen atoms in total. The third-order valence-corrected chi connectivity index (χ3v) is 2.93. The Labute approximate surface area is 131 Å². The van der Waals surface area contributed by atoms with Crippen molar-refractivity contribution in [3.63, 3.8) is 0 Å². The first-order valence-corrected chi connectivity index (χ1v) is 7.44. The molecule has 0 spiro atoms. The van der Waals surface area contributed by atoms with Gasteiger partial charge in [-0.25, -0.2) is 4.79 Å². The van der Waals surface area contributed by atoms with E-state index in [1.807, 2.05) is 20.8 Å². The lowest BCUT2D eigenvalue weighted by atomic mass is 10.0. The van der Waals surface area contributed by atoms with Crippen LogP contribution in [-0.4, -0.2) is 31.3 Å². The van der Waals surface area contributed by atoms with Gasteiger partial charge in [0.2, 0.25) is 5.91 Å². The highest BCUT2D eigenvalue weighted by Gasteiger charge is 2.24. The van der Waals surface area contributed by atoms with E-state index in [-0.39, 0.29) is 18.4 Å². The van der Waals surface area contributed by atoms with E-state index in [1.165, 1.54) is 0 Å². The van der Waals surface area contributed by atoms with Crippen LogP contribution in [0.5, 0.6) is 5.75 Å². The van der Waals surface area contributed by atoms with Gasteiger partial charge >= 0.3 is 6.09 Å². The number of ether oxygens (including phenoxy) is 2. The van der Waals surface area contributed by atoms with Crippen LogP contribution in [0.4, 0.5) is 10.5 Å². The highest BCUT2D eigenvalue weighted by Crippen LogP contribution is 2.16. The summed E-state index contributed by atoms with van der Waals surface area (Å²) in [4.78, 5) is 23.8. The molecule has 1 aromatic carbocycles. The highest BCUT2D eigenvalue weighted by molar-refractivity contribution is 5.96. The first kappa shape index (κ1) is 17.8. The topological polar surface area (TPSA) is 76.7 Å². The molecule has 0 saturated carbocycles. The summed E-state index contributed by atoms with van der Waals surface area (Å²) in [5.41, 5.74) is 0.643. The van der Waals surface area contributed by atoms with Crippen molar-refractivity contribution in [2.45, 2.75) is 33.7 Å². The van der Waals surface area contributed by atoms with Gasteiger partial charge in [-0.05, 0) is 44.0 Å². The molecular weight excluding hydrogens is 284 g/mol. The Kier molecular flexibility index (Phi) is 7.22. The van der Waals surface area contributed by atoms with Gasteiger partial charge in [-0.15, -0.1) is 0 Å². The molecule has 2 N–H and O–H groups in total. The van der Waals surface area contributed by atoms with Gasteiger partial charge < -0.3 is 20.1 Å². The van der Waals surface area contributed by atoms with E-state index in [1.54, 1.807) is 31.2 Å². The van der Waals surface area contributed by atoms with Crippen molar-refractivity contribution < 1.29 is 19.1 Å². The van der Waals surface area contributed by atoms with E-state index in [9.17, 15) is 9.59 Å². The molecule has 0 saturated heterocycles. The normalized spacial score (nSPS) is 11.7. The number of nitrogens with one attached hydrogen (secondary N) is 2. The maximum Gasteiger partial charge on any atom is 0.407 e. The van der Waals surface area contributed by atoms with E-state index in [0.717, 1.165) is 5.75 Å². The Bertz CT molecular complexity index is 485. The smallest absolute Gasteiger partial charge is 0.407 e. The van der Waals surface area contributed by atoms with Crippen LogP contribution in [0.1, 0.15) is 27.7 Å². The summed E-state index contributed by atoms with van der Waals surface area (Å²) in [6, 6.07) is 6.41. The second kappa shape index (κ2) is 8.92. The molecule has 1 aromatic rings. The fourth-order valence-corrected chi connectivity index (χ4v) is 1.86. The summed E-state index contributed by atoms with van der Waals surface area (Å²) in [6.07, 6.45) is -0.594. The molecule has 0 aliphatic rings. The molecule has 0 bridgehead atoms. The fraction of sp³-hybridized carbons (Fsp3) is 0.500. The number of benzene rings is 1. The third kappa shape index (κ3) is 5.63. The van der Waals surface area contributed by atoms with E-state index < -0.39 is 12.1 Å². The monoisotopic (exact) mass is 308 g/mol. The van der Waals surface area contributed by atoms with E-state index >= 15 is 0 Å². The fourth-order valence-electron chi connectivity index (χ4n) is 1.86. The first-order chi connectivity index (χ1) is 10.5. The Morgan fingerprint density at radius 2 is 1.73 bits per heavy atom. The molecule has 6 heteroatoms. The standard InChI is InChI=1S/C16H24N2O4/c1-5-21-13-9-7-12(8-10-13)17-15(19)14(11(3)4)18-16(20)22-6-2/h7-11,14H,5-6H2,1-4H3,(H,17,19)(H,18,20)/t14-/m0/s1. The molecule has 1 atom stereocenters. The summed E-state index contributed by atoms with van der Waals surface area (Å²) in [6.45, 7) is 8.18. The van der Waals surface area contributed by atoms with Crippen molar-refractivity contribution in [1.29, 1.82) is 0 Å². The van der Waals surface area contributed by atoms with Crippen LogP contribution >= 0.6 is 0 Å². The summed E-state index contributed by atoms with van der Waals surface area (Å²) >= 11 is 0. The quantitative estimate of drug-likeness (QED) is 0.812. The van der Waals surface area contributed by atoms with Crippen LogP contribution < -0.4 is 15.4 Å². The summed E-state index contributed by atoms with van der Waals surface area (Å²) < 4.78 is 10.2. The molecule has 0 aliphatic heterocycles. The van der Waals surface area contributed by atoms with Gasteiger partial charge in [-0.3, -0.25) is 4.79 Å². The van der Waals surface area contributed by atoms with Gasteiger partial charge in [0.25, 0.3) is 0 Å². The zero-order chi connectivity index (χ0) is 16.5. The maximum absolute atomic E-state index is 12.3. The molecular formula is C16H24N2O4. The summed E-state index contributed by atoms with van der Waals surface area (Å²) in [7, 11) is 0. The molecule has 0 radical (unpaired) electrons. The Morgan fingerprint density at radius 3 is 2.23 bits per heavy atom. The first-order valence-electron chi connectivity index (χ1n) is 7.44. The number of anilines is 1. The van der Waals surface area contributed by atoms with Crippen molar-refractivity contribution >= 4 is 17.7 Å². The maximum atomic E-state index is 12.3. The minimum Gasteiger partial charge on any atom is -0.494 e. The largest absolute Gasteiger partial charge is 0.494 e. The lowest BCUT2D eigenvalue weighted by Crippen LogP contribution is -2.47. The number of carbonyl (C=O) groups is 2. The van der Waals surface area contributed by atoms with Crippen LogP contribution in [-0.2, 0) is 9.53 Å². The summed E-state index contributed by atoms with van der Waals surface area (Å²) in [5.74, 6) is 0.393. The summed E-state index contributed by atoms with van der Waals surface area (Å²) in [5, 5.41) is 5.35. The van der Waals surface area contributed by atoms with Gasteiger partial charge in [-0.1, -0.05) is 13.8 Å². The Hall–Kier alpha value is -2.24. The molecule has 0 fully saturated rings. The number of amides is 2. The second-order valence-electron chi connectivity index (χ2n) is 5.03. The zero-order valence-corrected chi connectivity index (χ0v) is 13.5. The van der Waals surface area contributed by atoms with Crippen molar-refractivity contribution in [1.82, 2.24) is 5.32 Å². The molecule has 22 heavy (non-hydrogen) atoms. The van der Waals surface area contributed by atoms with Gasteiger partial charge in [0, 0.05) is 5.69 Å². The average Bonchev–Trinajstić information content (AvgIpc) is 2.47. The van der Waals surface area contributed by atoms with E-state index in [4.69, 9.17) is 9.47 Å². The Morgan fingerprint density at radius 1 is 1.09 bits per heavy atom.